The highest BCUT2D eigenvalue weighted by molar-refractivity contribution is 6.32. The van der Waals surface area contributed by atoms with Crippen LogP contribution in [0.4, 0.5) is 22.0 Å². The van der Waals surface area contributed by atoms with E-state index in [1.807, 2.05) is 20.8 Å². The molecule has 1 unspecified atom stereocenters. The Bertz CT molecular complexity index is 2110. The second-order valence-corrected chi connectivity index (χ2v) is 15.4. The molecule has 0 spiro atoms. The highest BCUT2D eigenvalue weighted by atomic mass is 35.5. The predicted octanol–water partition coefficient (Wildman–Crippen LogP) is 7.31. The maximum absolute atomic E-state index is 16.0. The molecule has 3 heterocycles. The molecule has 2 aromatic carbocycles. The zero-order valence-electron chi connectivity index (χ0n) is 28.9. The number of halogens is 6. The molecule has 1 aliphatic heterocycles. The number of amides is 1. The van der Waals surface area contributed by atoms with E-state index in [1.54, 1.807) is 29.2 Å². The molecule has 3 atom stereocenters. The lowest BCUT2D eigenvalue weighted by Crippen LogP contribution is -2.47. The molecule has 17 heteroatoms. The van der Waals surface area contributed by atoms with Crippen molar-refractivity contribution in [2.45, 2.75) is 82.8 Å². The van der Waals surface area contributed by atoms with E-state index in [2.05, 4.69) is 15.2 Å². The first-order valence-corrected chi connectivity index (χ1v) is 17.4. The van der Waals surface area contributed by atoms with E-state index in [9.17, 15) is 27.2 Å². The Morgan fingerprint density at radius 1 is 1.13 bits per heavy atom. The first-order chi connectivity index (χ1) is 25.0. The van der Waals surface area contributed by atoms with Crippen LogP contribution in [0, 0.1) is 17.2 Å². The summed E-state index contributed by atoms with van der Waals surface area (Å²) >= 11 is 6.43. The number of ether oxygens (including phenoxy) is 1. The van der Waals surface area contributed by atoms with Gasteiger partial charge in [0.25, 0.3) is 18.3 Å². The van der Waals surface area contributed by atoms with Crippen molar-refractivity contribution >= 4 is 29.4 Å². The minimum absolute atomic E-state index is 0.00238. The summed E-state index contributed by atoms with van der Waals surface area (Å²) in [6, 6.07) is 7.65. The van der Waals surface area contributed by atoms with E-state index < -0.39 is 78.2 Å². The molecule has 280 valence electrons. The number of guanidine groups is 1. The first kappa shape index (κ1) is 36.5. The number of hydrogen-bond acceptors (Lipinski definition) is 8. The first-order valence-electron chi connectivity index (χ1n) is 17.0. The molecule has 11 nitrogen and oxygen atoms in total. The molecule has 0 bridgehead atoms. The lowest BCUT2D eigenvalue weighted by atomic mass is 9.75. The van der Waals surface area contributed by atoms with Crippen molar-refractivity contribution in [1.29, 1.82) is 0 Å². The molecule has 2 N–H and O–H groups in total. The molecule has 0 radical (unpaired) electrons. The summed E-state index contributed by atoms with van der Waals surface area (Å²) in [5, 5.41) is 8.25. The Kier molecular flexibility index (Phi) is 9.10. The molecule has 3 aliphatic rings. The van der Waals surface area contributed by atoms with Crippen LogP contribution in [0.3, 0.4) is 0 Å². The molecular formula is C36H36ClF5N8O3. The third-order valence-electron chi connectivity index (χ3n) is 9.63. The number of nitrogens with zero attached hydrogens (tertiary/aromatic N) is 7. The summed E-state index contributed by atoms with van der Waals surface area (Å²) < 4.78 is 79.1. The minimum Gasteiger partial charge on any atom is -0.463 e. The van der Waals surface area contributed by atoms with E-state index in [4.69, 9.17) is 27.1 Å². The second kappa shape index (κ2) is 13.2. The molecule has 2 fully saturated rings. The average molecular weight is 759 g/mol. The Morgan fingerprint density at radius 3 is 2.51 bits per heavy atom. The summed E-state index contributed by atoms with van der Waals surface area (Å²) in [6.45, 7) is 5.06. The number of alkyl halides is 4. The zero-order valence-corrected chi connectivity index (χ0v) is 29.7. The number of hydrogen-bond donors (Lipinski definition) is 1. The van der Waals surface area contributed by atoms with Crippen LogP contribution in [-0.2, 0) is 19.9 Å². The van der Waals surface area contributed by atoms with Gasteiger partial charge >= 0.3 is 5.97 Å². The molecule has 0 saturated heterocycles. The van der Waals surface area contributed by atoms with Crippen molar-refractivity contribution in [1.82, 2.24) is 29.4 Å². The standard InChI is InChI=1S/C36H36ClF5N8O3/c1-34(2,3)17-35(21-5-8-24(26(38)11-21)20-14-45-48(15-20)23-6-7-23)32(52)49(33(43)47-35)28(16-53-29(51)12-22-13-36(22,41)42)19-4-9-25(37)27(10-19)50-31(30(39)40)44-18-46-50/h4-5,8-11,14-15,18,22-23,28,30H,6-7,12-13,16-17H2,1-3H3,(H2,43,47)/t22?,28-,35-/m1/s1. The average Bonchev–Trinajstić information content (AvgIpc) is 3.81. The van der Waals surface area contributed by atoms with E-state index in [-0.39, 0.29) is 39.8 Å². The fraction of sp³-hybridized carbons (Fsp3) is 0.444. The van der Waals surface area contributed by atoms with Gasteiger partial charge in [-0.2, -0.15) is 10.2 Å². The van der Waals surface area contributed by atoms with Gasteiger partial charge in [0, 0.05) is 29.7 Å². The number of aromatic nitrogens is 5. The molecule has 2 aromatic heterocycles. The van der Waals surface area contributed by atoms with Crippen molar-refractivity contribution in [2.75, 3.05) is 6.61 Å². The van der Waals surface area contributed by atoms with Crippen LogP contribution in [-0.4, -0.2) is 59.8 Å². The highest BCUT2D eigenvalue weighted by Gasteiger charge is 2.58. The van der Waals surface area contributed by atoms with Gasteiger partial charge in [0.2, 0.25) is 0 Å². The number of aliphatic imine (C=N–C) groups is 1. The largest absolute Gasteiger partial charge is 0.463 e. The lowest BCUT2D eigenvalue weighted by Gasteiger charge is -2.35. The molecule has 2 saturated carbocycles. The van der Waals surface area contributed by atoms with E-state index >= 15 is 4.39 Å². The van der Waals surface area contributed by atoms with E-state index in [1.165, 1.54) is 24.3 Å². The summed E-state index contributed by atoms with van der Waals surface area (Å²) in [4.78, 5) is 37.1. The number of carbonyl (C=O) groups is 2. The third kappa shape index (κ3) is 7.12. The molecule has 1 amide bonds. The van der Waals surface area contributed by atoms with Gasteiger partial charge in [-0.1, -0.05) is 50.6 Å². The van der Waals surface area contributed by atoms with Gasteiger partial charge in [-0.05, 0) is 54.0 Å². The molecule has 53 heavy (non-hydrogen) atoms. The van der Waals surface area contributed by atoms with Gasteiger partial charge in [0.15, 0.2) is 17.3 Å². The molecule has 4 aromatic rings. The van der Waals surface area contributed by atoms with Crippen molar-refractivity contribution in [3.63, 3.8) is 0 Å². The smallest absolute Gasteiger partial charge is 0.306 e. The van der Waals surface area contributed by atoms with Crippen LogP contribution < -0.4 is 5.73 Å². The van der Waals surface area contributed by atoms with Gasteiger partial charge in [0.05, 0.1) is 35.4 Å². The Hall–Kier alpha value is -4.86. The van der Waals surface area contributed by atoms with Gasteiger partial charge in [-0.25, -0.2) is 36.6 Å². The molecule has 2 aliphatic carbocycles. The van der Waals surface area contributed by atoms with Gasteiger partial charge in [-0.3, -0.25) is 19.2 Å². The normalized spacial score (nSPS) is 21.6. The Balaban J connectivity index is 1.27. The van der Waals surface area contributed by atoms with Crippen molar-refractivity contribution in [2.24, 2.45) is 22.1 Å². The third-order valence-corrected chi connectivity index (χ3v) is 9.95. The monoisotopic (exact) mass is 758 g/mol. The van der Waals surface area contributed by atoms with Gasteiger partial charge in [0.1, 0.15) is 18.8 Å². The van der Waals surface area contributed by atoms with Crippen LogP contribution in [0.5, 0.6) is 0 Å². The number of benzene rings is 2. The quantitative estimate of drug-likeness (QED) is 0.118. The maximum atomic E-state index is 16.0. The van der Waals surface area contributed by atoms with Crippen LogP contribution in [0.25, 0.3) is 16.8 Å². The van der Waals surface area contributed by atoms with Crippen molar-refractivity contribution in [3.8, 4) is 16.8 Å². The van der Waals surface area contributed by atoms with E-state index in [0.29, 0.717) is 11.6 Å². The topological polar surface area (TPSA) is 134 Å². The Morgan fingerprint density at radius 2 is 1.87 bits per heavy atom. The fourth-order valence-corrected chi connectivity index (χ4v) is 7.02. The fourth-order valence-electron chi connectivity index (χ4n) is 6.82. The van der Waals surface area contributed by atoms with Crippen LogP contribution in [0.2, 0.25) is 5.02 Å². The summed E-state index contributed by atoms with van der Waals surface area (Å²) in [5.41, 5.74) is 5.47. The SMILES string of the molecule is CC(C)(C)C[C@]1(c2ccc(-c3cnn(C4CC4)c3)c(F)c2)N=C(N)N([C@H](COC(=O)CC2CC2(F)F)c2ccc(Cl)c(-n3ncnc3C(F)F)c2)C1=O. The molecular weight excluding hydrogens is 723 g/mol. The van der Waals surface area contributed by atoms with Crippen molar-refractivity contribution < 1.29 is 36.3 Å². The number of nitrogens with two attached hydrogens (primary N) is 1. The highest BCUT2D eigenvalue weighted by Crippen LogP contribution is 2.51. The number of esters is 1. The molecule has 7 rings (SSSR count). The van der Waals surface area contributed by atoms with Gasteiger partial charge < -0.3 is 10.5 Å². The lowest BCUT2D eigenvalue weighted by molar-refractivity contribution is -0.148. The second-order valence-electron chi connectivity index (χ2n) is 15.0. The summed E-state index contributed by atoms with van der Waals surface area (Å²) in [5.74, 6) is -7.37. The summed E-state index contributed by atoms with van der Waals surface area (Å²) in [6.07, 6.45) is 2.34. The minimum atomic E-state index is -3.02. The van der Waals surface area contributed by atoms with Crippen LogP contribution in [0.1, 0.15) is 88.3 Å². The van der Waals surface area contributed by atoms with E-state index in [0.717, 1.165) is 28.8 Å². The van der Waals surface area contributed by atoms with Gasteiger partial charge in [-0.15, -0.1) is 0 Å². The van der Waals surface area contributed by atoms with Crippen molar-refractivity contribution in [3.05, 3.63) is 82.9 Å². The van der Waals surface area contributed by atoms with Crippen LogP contribution in [0.15, 0.2) is 60.1 Å². The Labute approximate surface area is 306 Å². The van der Waals surface area contributed by atoms with Crippen LogP contribution >= 0.6 is 11.6 Å². The number of rotatable bonds is 12. The summed E-state index contributed by atoms with van der Waals surface area (Å²) in [7, 11) is 0. The zero-order chi connectivity index (χ0) is 38.0. The number of carbonyl (C=O) groups excluding carboxylic acids is 2. The predicted molar refractivity (Wildman–Crippen MR) is 183 cm³/mol. The maximum Gasteiger partial charge on any atom is 0.306 e.